The quantitative estimate of drug-likeness (QED) is 0.512. The maximum absolute atomic E-state index is 12.6. The molecule has 0 amide bonds. The first-order valence-corrected chi connectivity index (χ1v) is 10.2. The number of guanidine groups is 1. The molecule has 2 rings (SSSR count). The molecule has 4 nitrogen and oxygen atoms in total. The second-order valence-corrected chi connectivity index (χ2v) is 7.88. The van der Waals surface area contributed by atoms with E-state index in [0.717, 1.165) is 29.7 Å². The minimum atomic E-state index is -4.38. The lowest BCUT2D eigenvalue weighted by atomic mass is 10.1. The molecule has 0 bridgehead atoms. The van der Waals surface area contributed by atoms with Crippen LogP contribution in [0.25, 0.3) is 0 Å². The van der Waals surface area contributed by atoms with Crippen molar-refractivity contribution in [3.63, 3.8) is 0 Å². The molecule has 0 saturated carbocycles. The van der Waals surface area contributed by atoms with Crippen molar-refractivity contribution in [1.82, 2.24) is 15.6 Å². The average molecular weight is 405 g/mol. The third-order valence-electron chi connectivity index (χ3n) is 3.51. The van der Waals surface area contributed by atoms with Gasteiger partial charge < -0.3 is 10.6 Å². The number of nitrogens with zero attached hydrogens (tertiary/aromatic N) is 2. The molecule has 2 aromatic heterocycles. The van der Waals surface area contributed by atoms with Crippen molar-refractivity contribution < 1.29 is 13.2 Å². The lowest BCUT2D eigenvalue weighted by molar-refractivity contribution is -0.140. The fourth-order valence-electron chi connectivity index (χ4n) is 2.27. The van der Waals surface area contributed by atoms with E-state index in [1.807, 2.05) is 13.0 Å². The third kappa shape index (κ3) is 6.95. The first-order chi connectivity index (χ1) is 12.4. The van der Waals surface area contributed by atoms with Crippen LogP contribution < -0.4 is 10.6 Å². The fourth-order valence-corrected chi connectivity index (χ4v) is 3.94. The van der Waals surface area contributed by atoms with Gasteiger partial charge in [-0.2, -0.15) is 13.2 Å². The van der Waals surface area contributed by atoms with Crippen LogP contribution in [0.1, 0.15) is 29.4 Å². The highest BCUT2D eigenvalue weighted by molar-refractivity contribution is 7.10. The van der Waals surface area contributed by atoms with Gasteiger partial charge in [-0.3, -0.25) is 4.99 Å². The highest BCUT2D eigenvalue weighted by atomic mass is 32.1. The molecule has 0 saturated heterocycles. The van der Waals surface area contributed by atoms with E-state index in [9.17, 15) is 13.2 Å². The third-order valence-corrected chi connectivity index (χ3v) is 5.32. The first kappa shape index (κ1) is 20.7. The molecular formula is C17H23F3N4S2. The summed E-state index contributed by atoms with van der Waals surface area (Å²) in [5, 5.41) is 9.91. The minimum Gasteiger partial charge on any atom is -0.357 e. The lowest BCUT2D eigenvalue weighted by Gasteiger charge is -2.13. The topological polar surface area (TPSA) is 49.3 Å². The maximum atomic E-state index is 12.6. The Morgan fingerprint density at radius 3 is 2.73 bits per heavy atom. The molecule has 0 fully saturated rings. The molecule has 0 aromatic carbocycles. The van der Waals surface area contributed by atoms with Gasteiger partial charge in [-0.25, -0.2) is 4.98 Å². The Labute approximate surface area is 159 Å². The summed E-state index contributed by atoms with van der Waals surface area (Å²) in [4.78, 5) is 9.55. The van der Waals surface area contributed by atoms with Crippen molar-refractivity contribution >= 4 is 28.6 Å². The highest BCUT2D eigenvalue weighted by Crippen LogP contribution is 2.29. The van der Waals surface area contributed by atoms with Crippen LogP contribution in [0.5, 0.6) is 0 Å². The summed E-state index contributed by atoms with van der Waals surface area (Å²) in [5.74, 6) is 1.09. The predicted octanol–water partition coefficient (Wildman–Crippen LogP) is 4.20. The van der Waals surface area contributed by atoms with E-state index in [4.69, 9.17) is 0 Å². The molecule has 2 aromatic rings. The van der Waals surface area contributed by atoms with E-state index in [-0.39, 0.29) is 0 Å². The van der Waals surface area contributed by atoms with E-state index in [2.05, 4.69) is 39.0 Å². The lowest BCUT2D eigenvalue weighted by Crippen LogP contribution is -2.38. The van der Waals surface area contributed by atoms with Crippen LogP contribution in [0.2, 0.25) is 0 Å². The van der Waals surface area contributed by atoms with Gasteiger partial charge in [-0.15, -0.1) is 22.7 Å². The molecular weight excluding hydrogens is 381 g/mol. The monoisotopic (exact) mass is 404 g/mol. The average Bonchev–Trinajstić information content (AvgIpc) is 3.24. The van der Waals surface area contributed by atoms with E-state index < -0.39 is 11.9 Å². The number of thiophene rings is 1. The first-order valence-electron chi connectivity index (χ1n) is 8.44. The zero-order valence-corrected chi connectivity index (χ0v) is 16.4. The van der Waals surface area contributed by atoms with E-state index in [0.29, 0.717) is 36.4 Å². The minimum absolute atomic E-state index is 0.414. The van der Waals surface area contributed by atoms with Gasteiger partial charge in [0, 0.05) is 36.3 Å². The smallest absolute Gasteiger partial charge is 0.357 e. The summed E-state index contributed by atoms with van der Waals surface area (Å²) < 4.78 is 37.7. The number of thiazole rings is 1. The molecule has 2 N–H and O–H groups in total. The van der Waals surface area contributed by atoms with Crippen molar-refractivity contribution in [3.8, 4) is 0 Å². The zero-order chi connectivity index (χ0) is 19.0. The standard InChI is InChI=1S/C17H23F3N4S2/c1-3-21-16(23-10-12(2)9-13-5-4-8-25-13)22-7-6-15-24-14(11-26-15)17(18,19)20/h4-5,8,11-12H,3,6-7,9-10H2,1-2H3,(H2,21,22,23). The van der Waals surface area contributed by atoms with Gasteiger partial charge in [0.2, 0.25) is 0 Å². The summed E-state index contributed by atoms with van der Waals surface area (Å²) in [7, 11) is 0. The van der Waals surface area contributed by atoms with Crippen molar-refractivity contribution in [2.45, 2.75) is 32.9 Å². The van der Waals surface area contributed by atoms with Crippen LogP contribution in [-0.4, -0.2) is 30.6 Å². The van der Waals surface area contributed by atoms with Gasteiger partial charge in [0.05, 0.1) is 5.01 Å². The van der Waals surface area contributed by atoms with Crippen LogP contribution in [0, 0.1) is 5.92 Å². The Balaban J connectivity index is 1.80. The van der Waals surface area contributed by atoms with Gasteiger partial charge >= 0.3 is 6.18 Å². The second-order valence-electron chi connectivity index (χ2n) is 5.91. The number of hydrogen-bond donors (Lipinski definition) is 2. The van der Waals surface area contributed by atoms with Gasteiger partial charge in [-0.1, -0.05) is 13.0 Å². The van der Waals surface area contributed by atoms with Crippen LogP contribution in [0.3, 0.4) is 0 Å². The molecule has 0 radical (unpaired) electrons. The van der Waals surface area contributed by atoms with Crippen molar-refractivity contribution in [1.29, 1.82) is 0 Å². The number of aromatic nitrogens is 1. The molecule has 1 unspecified atom stereocenters. The number of halogens is 3. The van der Waals surface area contributed by atoms with Crippen molar-refractivity contribution in [2.75, 3.05) is 19.6 Å². The molecule has 26 heavy (non-hydrogen) atoms. The Kier molecular flexibility index (Phi) is 7.89. The van der Waals surface area contributed by atoms with Gasteiger partial charge in [0.25, 0.3) is 0 Å². The number of rotatable bonds is 8. The zero-order valence-electron chi connectivity index (χ0n) is 14.8. The maximum Gasteiger partial charge on any atom is 0.434 e. The molecule has 0 aliphatic heterocycles. The number of hydrogen-bond acceptors (Lipinski definition) is 4. The molecule has 0 aliphatic rings. The summed E-state index contributed by atoms with van der Waals surface area (Å²) in [5.41, 5.74) is -0.819. The Morgan fingerprint density at radius 1 is 1.31 bits per heavy atom. The van der Waals surface area contributed by atoms with Crippen LogP contribution in [-0.2, 0) is 19.0 Å². The number of alkyl halides is 3. The summed E-state index contributed by atoms with van der Waals surface area (Å²) in [6.07, 6.45) is -2.97. The Morgan fingerprint density at radius 2 is 2.12 bits per heavy atom. The van der Waals surface area contributed by atoms with Gasteiger partial charge in [0.1, 0.15) is 0 Å². The normalized spacial score (nSPS) is 13.7. The summed E-state index contributed by atoms with van der Waals surface area (Å²) in [6.45, 7) is 6.02. The molecule has 2 heterocycles. The second kappa shape index (κ2) is 9.91. The predicted molar refractivity (Wildman–Crippen MR) is 102 cm³/mol. The summed E-state index contributed by atoms with van der Waals surface area (Å²) >= 11 is 2.78. The van der Waals surface area contributed by atoms with Crippen LogP contribution in [0.15, 0.2) is 27.9 Å². The summed E-state index contributed by atoms with van der Waals surface area (Å²) in [6, 6.07) is 4.17. The van der Waals surface area contributed by atoms with E-state index in [1.165, 1.54) is 4.88 Å². The van der Waals surface area contributed by atoms with E-state index in [1.54, 1.807) is 11.3 Å². The van der Waals surface area contributed by atoms with Crippen LogP contribution in [0.4, 0.5) is 13.2 Å². The molecule has 0 aliphatic carbocycles. The van der Waals surface area contributed by atoms with Crippen LogP contribution >= 0.6 is 22.7 Å². The number of nitrogens with one attached hydrogen (secondary N) is 2. The largest absolute Gasteiger partial charge is 0.434 e. The van der Waals surface area contributed by atoms with E-state index >= 15 is 0 Å². The molecule has 9 heteroatoms. The molecule has 144 valence electrons. The van der Waals surface area contributed by atoms with Gasteiger partial charge in [-0.05, 0) is 30.7 Å². The highest BCUT2D eigenvalue weighted by Gasteiger charge is 2.33. The van der Waals surface area contributed by atoms with Crippen molar-refractivity contribution in [3.05, 3.63) is 38.5 Å². The molecule has 0 spiro atoms. The van der Waals surface area contributed by atoms with Gasteiger partial charge in [0.15, 0.2) is 11.7 Å². The SMILES string of the molecule is CCNC(=NCC(C)Cc1cccs1)NCCc1nc(C(F)(F)F)cs1. The Bertz CT molecular complexity index is 680. The molecule has 1 atom stereocenters. The van der Waals surface area contributed by atoms with Crippen molar-refractivity contribution in [2.24, 2.45) is 10.9 Å². The fraction of sp³-hybridized carbons (Fsp3) is 0.529. The Hall–Kier alpha value is -1.61. The number of aliphatic imine (C=N–C) groups is 1.